The maximum absolute atomic E-state index is 4.43. The maximum atomic E-state index is 4.43. The second-order valence-electron chi connectivity index (χ2n) is 4.50. The number of nitrogens with zero attached hydrogens (tertiary/aromatic N) is 3. The molecule has 0 saturated carbocycles. The first kappa shape index (κ1) is 11.7. The Labute approximate surface area is 112 Å². The second kappa shape index (κ2) is 5.52. The van der Waals surface area contributed by atoms with Crippen LogP contribution in [0.3, 0.4) is 0 Å². The molecule has 0 aliphatic rings. The van der Waals surface area contributed by atoms with Gasteiger partial charge in [0.2, 0.25) is 0 Å². The quantitative estimate of drug-likeness (QED) is 0.710. The minimum absolute atomic E-state index is 0.929. The third-order valence-corrected chi connectivity index (χ3v) is 3.07. The van der Waals surface area contributed by atoms with Gasteiger partial charge in [-0.2, -0.15) is 0 Å². The summed E-state index contributed by atoms with van der Waals surface area (Å²) >= 11 is 0. The Balaban J connectivity index is 1.56. The molecule has 0 saturated heterocycles. The van der Waals surface area contributed by atoms with Crippen molar-refractivity contribution in [2.75, 3.05) is 11.9 Å². The fourth-order valence-electron chi connectivity index (χ4n) is 2.08. The number of imidazole rings is 1. The van der Waals surface area contributed by atoms with Crippen molar-refractivity contribution in [1.29, 1.82) is 0 Å². The third-order valence-electron chi connectivity index (χ3n) is 3.07. The topological polar surface area (TPSA) is 42.7 Å². The van der Waals surface area contributed by atoms with Gasteiger partial charge in [0.25, 0.3) is 0 Å². The van der Waals surface area contributed by atoms with Gasteiger partial charge in [0, 0.05) is 30.9 Å². The van der Waals surface area contributed by atoms with Crippen LogP contribution in [-0.4, -0.2) is 21.1 Å². The largest absolute Gasteiger partial charge is 0.384 e. The fraction of sp³-hybridized carbons (Fsp3) is 0.200. The van der Waals surface area contributed by atoms with Crippen LogP contribution in [0.25, 0.3) is 10.9 Å². The Morgan fingerprint density at radius 3 is 3.05 bits per heavy atom. The van der Waals surface area contributed by atoms with Crippen molar-refractivity contribution in [3.63, 3.8) is 0 Å². The van der Waals surface area contributed by atoms with Gasteiger partial charge in [-0.3, -0.25) is 4.98 Å². The molecule has 2 aromatic heterocycles. The van der Waals surface area contributed by atoms with Gasteiger partial charge in [-0.1, -0.05) is 18.2 Å². The molecule has 1 aromatic carbocycles. The average molecular weight is 252 g/mol. The Morgan fingerprint density at radius 1 is 1.21 bits per heavy atom. The molecule has 2 heterocycles. The summed E-state index contributed by atoms with van der Waals surface area (Å²) in [5.41, 5.74) is 2.11. The summed E-state index contributed by atoms with van der Waals surface area (Å²) < 4.78 is 2.08. The molecule has 0 aliphatic heterocycles. The van der Waals surface area contributed by atoms with E-state index in [9.17, 15) is 0 Å². The van der Waals surface area contributed by atoms with Crippen LogP contribution in [0.4, 0.5) is 5.69 Å². The molecule has 3 rings (SSSR count). The van der Waals surface area contributed by atoms with Gasteiger partial charge in [0.05, 0.1) is 23.7 Å². The third kappa shape index (κ3) is 2.91. The summed E-state index contributed by atoms with van der Waals surface area (Å²) in [6.07, 6.45) is 8.58. The van der Waals surface area contributed by atoms with Crippen molar-refractivity contribution in [2.24, 2.45) is 0 Å². The number of nitrogens with one attached hydrogen (secondary N) is 1. The number of fused-ring (bicyclic) bond motifs is 1. The molecule has 0 unspecified atom stereocenters. The molecule has 4 heteroatoms. The van der Waals surface area contributed by atoms with Crippen LogP contribution in [0.5, 0.6) is 0 Å². The van der Waals surface area contributed by atoms with Crippen LogP contribution in [0.1, 0.15) is 6.42 Å². The highest BCUT2D eigenvalue weighted by Gasteiger charge is 1.97. The van der Waals surface area contributed by atoms with Gasteiger partial charge in [0.15, 0.2) is 0 Å². The van der Waals surface area contributed by atoms with Crippen molar-refractivity contribution in [3.8, 4) is 0 Å². The van der Waals surface area contributed by atoms with E-state index in [1.54, 1.807) is 6.20 Å². The number of pyridine rings is 1. The highest BCUT2D eigenvalue weighted by atomic mass is 15.0. The maximum Gasteiger partial charge on any atom is 0.0945 e. The SMILES string of the molecule is c1ccc2ncc(NCCCn3ccnc3)cc2c1. The molecule has 0 bridgehead atoms. The number of rotatable bonds is 5. The first-order valence-electron chi connectivity index (χ1n) is 6.46. The van der Waals surface area contributed by atoms with Crippen LogP contribution in [0.15, 0.2) is 55.2 Å². The van der Waals surface area contributed by atoms with Gasteiger partial charge in [-0.15, -0.1) is 0 Å². The predicted molar refractivity (Wildman–Crippen MR) is 77.1 cm³/mol. The zero-order valence-corrected chi connectivity index (χ0v) is 10.7. The monoisotopic (exact) mass is 252 g/mol. The summed E-state index contributed by atoms with van der Waals surface area (Å²) in [7, 11) is 0. The lowest BCUT2D eigenvalue weighted by atomic mass is 10.2. The normalized spacial score (nSPS) is 10.7. The summed E-state index contributed by atoms with van der Waals surface area (Å²) in [4.78, 5) is 8.46. The molecule has 0 fully saturated rings. The van der Waals surface area contributed by atoms with Crippen molar-refractivity contribution < 1.29 is 0 Å². The van der Waals surface area contributed by atoms with E-state index < -0.39 is 0 Å². The molecule has 3 aromatic rings. The number of hydrogen-bond acceptors (Lipinski definition) is 3. The van der Waals surface area contributed by atoms with Gasteiger partial charge in [-0.25, -0.2) is 4.98 Å². The lowest BCUT2D eigenvalue weighted by molar-refractivity contribution is 0.661. The lowest BCUT2D eigenvalue weighted by Gasteiger charge is -2.07. The Bertz CT molecular complexity index is 646. The van der Waals surface area contributed by atoms with Crippen LogP contribution in [0.2, 0.25) is 0 Å². The Kier molecular flexibility index (Phi) is 3.40. The van der Waals surface area contributed by atoms with Gasteiger partial charge in [0.1, 0.15) is 0 Å². The molecular weight excluding hydrogens is 236 g/mol. The molecule has 0 radical (unpaired) electrons. The zero-order valence-electron chi connectivity index (χ0n) is 10.7. The van der Waals surface area contributed by atoms with Crippen molar-refractivity contribution >= 4 is 16.6 Å². The zero-order chi connectivity index (χ0) is 12.9. The van der Waals surface area contributed by atoms with Crippen LogP contribution >= 0.6 is 0 Å². The van der Waals surface area contributed by atoms with Crippen molar-refractivity contribution in [1.82, 2.24) is 14.5 Å². The van der Waals surface area contributed by atoms with Gasteiger partial charge >= 0.3 is 0 Å². The highest BCUT2D eigenvalue weighted by Crippen LogP contribution is 2.15. The van der Waals surface area contributed by atoms with Crippen LogP contribution in [-0.2, 0) is 6.54 Å². The number of hydrogen-bond donors (Lipinski definition) is 1. The van der Waals surface area contributed by atoms with Gasteiger partial charge < -0.3 is 9.88 Å². The minimum atomic E-state index is 0.929. The smallest absolute Gasteiger partial charge is 0.0945 e. The van der Waals surface area contributed by atoms with E-state index in [4.69, 9.17) is 0 Å². The summed E-state index contributed by atoms with van der Waals surface area (Å²) in [6.45, 7) is 1.91. The average Bonchev–Trinajstić information content (AvgIpc) is 2.97. The van der Waals surface area contributed by atoms with E-state index in [1.165, 1.54) is 5.39 Å². The lowest BCUT2D eigenvalue weighted by Crippen LogP contribution is -2.05. The van der Waals surface area contributed by atoms with E-state index in [0.29, 0.717) is 0 Å². The van der Waals surface area contributed by atoms with E-state index in [1.807, 2.05) is 36.9 Å². The highest BCUT2D eigenvalue weighted by molar-refractivity contribution is 5.81. The number of para-hydroxylation sites is 1. The second-order valence-corrected chi connectivity index (χ2v) is 4.50. The first-order chi connectivity index (χ1) is 9.42. The predicted octanol–water partition coefficient (Wildman–Crippen LogP) is 2.93. The molecule has 4 nitrogen and oxygen atoms in total. The molecule has 0 aliphatic carbocycles. The van der Waals surface area contributed by atoms with Crippen LogP contribution in [0, 0.1) is 0 Å². The molecular formula is C15H16N4. The van der Waals surface area contributed by atoms with Crippen molar-refractivity contribution in [2.45, 2.75) is 13.0 Å². The summed E-state index contributed by atoms with van der Waals surface area (Å²) in [5, 5.41) is 4.57. The first-order valence-corrected chi connectivity index (χ1v) is 6.46. The summed E-state index contributed by atoms with van der Waals surface area (Å²) in [6, 6.07) is 10.3. The Morgan fingerprint density at radius 2 is 2.16 bits per heavy atom. The van der Waals surface area contributed by atoms with Crippen LogP contribution < -0.4 is 5.32 Å². The Hall–Kier alpha value is -2.36. The molecule has 19 heavy (non-hydrogen) atoms. The molecule has 1 N–H and O–H groups in total. The number of aryl methyl sites for hydroxylation is 1. The number of aromatic nitrogens is 3. The molecule has 0 amide bonds. The van der Waals surface area contributed by atoms with E-state index in [0.717, 1.165) is 30.7 Å². The molecule has 96 valence electrons. The standard InChI is InChI=1S/C15H16N4/c1-2-5-15-13(4-1)10-14(11-18-15)17-6-3-8-19-9-7-16-12-19/h1-2,4-5,7,9-12,17H,3,6,8H2. The number of benzene rings is 1. The van der Waals surface area contributed by atoms with E-state index >= 15 is 0 Å². The van der Waals surface area contributed by atoms with Crippen molar-refractivity contribution in [3.05, 3.63) is 55.2 Å². The van der Waals surface area contributed by atoms with E-state index in [-0.39, 0.29) is 0 Å². The minimum Gasteiger partial charge on any atom is -0.384 e. The molecule has 0 atom stereocenters. The summed E-state index contributed by atoms with van der Waals surface area (Å²) in [5.74, 6) is 0. The van der Waals surface area contributed by atoms with E-state index in [2.05, 4.69) is 32.0 Å². The van der Waals surface area contributed by atoms with Gasteiger partial charge in [-0.05, 0) is 18.6 Å². The molecule has 0 spiro atoms. The fourth-order valence-corrected chi connectivity index (χ4v) is 2.08. The number of anilines is 1.